The molecule has 0 fully saturated rings. The van der Waals surface area contributed by atoms with Gasteiger partial charge in [0, 0.05) is 33.8 Å². The molecule has 0 saturated carbocycles. The van der Waals surface area contributed by atoms with Gasteiger partial charge in [-0.2, -0.15) is 10.2 Å². The zero-order chi connectivity index (χ0) is 25.2. The van der Waals surface area contributed by atoms with Gasteiger partial charge in [-0.25, -0.2) is 9.69 Å². The first kappa shape index (κ1) is 23.1. The number of benzene rings is 4. The summed E-state index contributed by atoms with van der Waals surface area (Å²) in [7, 11) is 0. The minimum atomic E-state index is -0.306. The third kappa shape index (κ3) is 4.63. The summed E-state index contributed by atoms with van der Waals surface area (Å²) in [5.74, 6) is -0.144. The van der Waals surface area contributed by atoms with Gasteiger partial charge in [-0.15, -0.1) is 0 Å². The molecule has 6 rings (SSSR count). The fourth-order valence-corrected chi connectivity index (χ4v) is 4.90. The van der Waals surface area contributed by atoms with E-state index in [1.807, 2.05) is 114 Å². The van der Waals surface area contributed by atoms with Gasteiger partial charge in [0.2, 0.25) is 0 Å². The molecule has 2 heterocycles. The first-order chi connectivity index (χ1) is 18.2. The van der Waals surface area contributed by atoms with E-state index < -0.39 is 0 Å². The lowest BCUT2D eigenvalue weighted by atomic mass is 9.96. The van der Waals surface area contributed by atoms with Crippen LogP contribution in [-0.2, 0) is 0 Å². The van der Waals surface area contributed by atoms with E-state index in [1.54, 1.807) is 5.01 Å². The van der Waals surface area contributed by atoms with Crippen LogP contribution in [0.5, 0.6) is 0 Å². The van der Waals surface area contributed by atoms with E-state index in [1.165, 1.54) is 0 Å². The third-order valence-corrected chi connectivity index (χ3v) is 7.01. The van der Waals surface area contributed by atoms with Gasteiger partial charge in [-0.1, -0.05) is 94.8 Å². The van der Waals surface area contributed by atoms with E-state index in [-0.39, 0.29) is 11.9 Å². The molecule has 0 N–H and O–H groups in total. The largest absolute Gasteiger partial charge is 0.274 e. The lowest BCUT2D eigenvalue weighted by Gasteiger charge is -2.22. The van der Waals surface area contributed by atoms with Crippen LogP contribution in [0.2, 0.25) is 0 Å². The Labute approximate surface area is 223 Å². The second-order valence-corrected chi connectivity index (χ2v) is 9.78. The lowest BCUT2D eigenvalue weighted by Crippen LogP contribution is -2.27. The van der Waals surface area contributed by atoms with E-state index in [2.05, 4.69) is 28.1 Å². The van der Waals surface area contributed by atoms with Crippen molar-refractivity contribution in [3.05, 3.63) is 143 Å². The van der Waals surface area contributed by atoms with E-state index in [0.717, 1.165) is 38.3 Å². The quantitative estimate of drug-likeness (QED) is 0.232. The van der Waals surface area contributed by atoms with Crippen LogP contribution in [-0.4, -0.2) is 26.4 Å². The summed E-state index contributed by atoms with van der Waals surface area (Å²) >= 11 is 3.46. The average Bonchev–Trinajstić information content (AvgIpc) is 3.60. The van der Waals surface area contributed by atoms with Gasteiger partial charge in [0.25, 0.3) is 5.91 Å². The van der Waals surface area contributed by atoms with Crippen LogP contribution in [0.15, 0.2) is 131 Å². The van der Waals surface area contributed by atoms with Gasteiger partial charge in [-0.05, 0) is 42.0 Å². The lowest BCUT2D eigenvalue weighted by molar-refractivity contribution is 0.0711. The second-order valence-electron chi connectivity index (χ2n) is 8.87. The molecule has 1 atom stereocenters. The Morgan fingerprint density at radius 1 is 0.757 bits per heavy atom. The molecule has 1 aliphatic rings. The van der Waals surface area contributed by atoms with E-state index in [4.69, 9.17) is 10.2 Å². The summed E-state index contributed by atoms with van der Waals surface area (Å²) < 4.78 is 2.81. The maximum atomic E-state index is 13.8. The Morgan fingerprint density at radius 3 is 2.00 bits per heavy atom. The van der Waals surface area contributed by atoms with Crippen LogP contribution in [0.1, 0.15) is 33.9 Å². The molecule has 0 saturated heterocycles. The molecule has 1 amide bonds. The monoisotopic (exact) mass is 546 g/mol. The predicted molar refractivity (Wildman–Crippen MR) is 150 cm³/mol. The average molecular weight is 547 g/mol. The summed E-state index contributed by atoms with van der Waals surface area (Å²) in [6, 6.07) is 37.3. The van der Waals surface area contributed by atoms with Crippen LogP contribution in [0, 0.1) is 0 Å². The Hall–Kier alpha value is -4.29. The Morgan fingerprint density at radius 2 is 1.35 bits per heavy atom. The van der Waals surface area contributed by atoms with E-state index in [0.29, 0.717) is 12.0 Å². The van der Waals surface area contributed by atoms with Crippen molar-refractivity contribution in [2.45, 2.75) is 12.5 Å². The topological polar surface area (TPSA) is 50.5 Å². The van der Waals surface area contributed by atoms with Gasteiger partial charge in [-0.3, -0.25) is 4.79 Å². The van der Waals surface area contributed by atoms with Crippen molar-refractivity contribution in [3.8, 4) is 16.9 Å². The van der Waals surface area contributed by atoms with Crippen LogP contribution >= 0.6 is 15.9 Å². The number of aromatic nitrogens is 2. The van der Waals surface area contributed by atoms with Crippen LogP contribution in [0.3, 0.4) is 0 Å². The highest BCUT2D eigenvalue weighted by Crippen LogP contribution is 2.39. The maximum absolute atomic E-state index is 13.8. The third-order valence-electron chi connectivity index (χ3n) is 6.49. The van der Waals surface area contributed by atoms with Crippen LogP contribution in [0.4, 0.5) is 0 Å². The maximum Gasteiger partial charge on any atom is 0.274 e. The molecule has 4 aromatic carbocycles. The van der Waals surface area contributed by atoms with E-state index in [9.17, 15) is 4.79 Å². The predicted octanol–water partition coefficient (Wildman–Crippen LogP) is 7.29. The summed E-state index contributed by atoms with van der Waals surface area (Å²) in [5, 5.41) is 11.5. The number of halogens is 1. The van der Waals surface area contributed by atoms with Crippen LogP contribution < -0.4 is 0 Å². The molecule has 0 radical (unpaired) electrons. The molecule has 5 aromatic rings. The van der Waals surface area contributed by atoms with Crippen molar-refractivity contribution in [3.63, 3.8) is 0 Å². The minimum absolute atomic E-state index is 0.144. The van der Waals surface area contributed by atoms with Crippen molar-refractivity contribution in [2.75, 3.05) is 0 Å². The molecular formula is C31H23BrN4O. The summed E-state index contributed by atoms with van der Waals surface area (Å²) in [5.41, 5.74) is 6.22. The first-order valence-electron chi connectivity index (χ1n) is 12.1. The van der Waals surface area contributed by atoms with Gasteiger partial charge < -0.3 is 0 Å². The summed E-state index contributed by atoms with van der Waals surface area (Å²) in [6.45, 7) is 0. The van der Waals surface area contributed by atoms with Gasteiger partial charge in [0.05, 0.1) is 23.1 Å². The smallest absolute Gasteiger partial charge is 0.267 e. The molecule has 1 aliphatic heterocycles. The first-order valence-corrected chi connectivity index (χ1v) is 12.9. The van der Waals surface area contributed by atoms with Crippen molar-refractivity contribution in [2.24, 2.45) is 5.10 Å². The Kier molecular flexibility index (Phi) is 6.25. The number of carbonyl (C=O) groups is 1. The van der Waals surface area contributed by atoms with Gasteiger partial charge in [0.1, 0.15) is 0 Å². The highest BCUT2D eigenvalue weighted by Gasteiger charge is 2.36. The molecule has 0 unspecified atom stereocenters. The number of amides is 1. The Balaban J connectivity index is 1.48. The number of hydrogen-bond donors (Lipinski definition) is 0. The number of hydrazone groups is 1. The second kappa shape index (κ2) is 9.99. The molecule has 180 valence electrons. The standard InChI is InChI=1S/C31H23BrN4O/c32-25-18-16-24(17-19-25)31(37)36-29(20-28(33-36)22-10-4-1-5-11-22)27-21-35(26-14-8-3-9-15-26)34-30(27)23-12-6-2-7-13-23/h1-19,21,29H,20H2/t29-/m0/s1. The molecule has 0 spiro atoms. The van der Waals surface area contributed by atoms with Crippen LogP contribution in [0.25, 0.3) is 16.9 Å². The zero-order valence-electron chi connectivity index (χ0n) is 19.9. The van der Waals surface area contributed by atoms with Crippen molar-refractivity contribution < 1.29 is 4.79 Å². The number of carbonyl (C=O) groups excluding carboxylic acids is 1. The van der Waals surface area contributed by atoms with Gasteiger partial charge in [0.15, 0.2) is 0 Å². The van der Waals surface area contributed by atoms with Gasteiger partial charge >= 0.3 is 0 Å². The van der Waals surface area contributed by atoms with Crippen molar-refractivity contribution in [1.82, 2.24) is 14.8 Å². The number of para-hydroxylation sites is 1. The summed E-state index contributed by atoms with van der Waals surface area (Å²) in [6.07, 6.45) is 2.63. The fourth-order valence-electron chi connectivity index (χ4n) is 4.63. The van der Waals surface area contributed by atoms with E-state index >= 15 is 0 Å². The number of nitrogens with zero attached hydrogens (tertiary/aromatic N) is 4. The SMILES string of the molecule is O=C(c1ccc(Br)cc1)N1N=C(c2ccccc2)C[C@H]1c1cn(-c2ccccc2)nc1-c1ccccc1. The molecular weight excluding hydrogens is 524 g/mol. The molecule has 5 nitrogen and oxygen atoms in total. The molecule has 6 heteroatoms. The number of hydrogen-bond acceptors (Lipinski definition) is 3. The fraction of sp³-hybridized carbons (Fsp3) is 0.0645. The Bertz CT molecular complexity index is 1560. The summed E-state index contributed by atoms with van der Waals surface area (Å²) in [4.78, 5) is 13.8. The highest BCUT2D eigenvalue weighted by atomic mass is 79.9. The van der Waals surface area contributed by atoms with Crippen molar-refractivity contribution >= 4 is 27.5 Å². The number of rotatable bonds is 5. The highest BCUT2D eigenvalue weighted by molar-refractivity contribution is 9.10. The zero-order valence-corrected chi connectivity index (χ0v) is 21.5. The minimum Gasteiger partial charge on any atom is -0.267 e. The normalized spacial score (nSPS) is 15.0. The molecule has 0 bridgehead atoms. The molecule has 37 heavy (non-hydrogen) atoms. The molecule has 0 aliphatic carbocycles. The van der Waals surface area contributed by atoms with Crippen molar-refractivity contribution in [1.29, 1.82) is 0 Å². The molecule has 1 aromatic heterocycles.